The third-order valence-corrected chi connectivity index (χ3v) is 2.70. The third kappa shape index (κ3) is 4.29. The van der Waals surface area contributed by atoms with Crippen LogP contribution in [0.1, 0.15) is 5.56 Å². The summed E-state index contributed by atoms with van der Waals surface area (Å²) in [6.45, 7) is -0.131. The molecule has 0 bridgehead atoms. The predicted octanol–water partition coefficient (Wildman–Crippen LogP) is 2.81. The van der Waals surface area contributed by atoms with Crippen LogP contribution < -0.4 is 16.2 Å². The number of carbonyl (C=O) groups excluding carboxylic acids is 1. The van der Waals surface area contributed by atoms with Crippen LogP contribution in [0.2, 0.25) is 0 Å². The van der Waals surface area contributed by atoms with Gasteiger partial charge in [-0.3, -0.25) is 10.9 Å². The molecule has 5 nitrogen and oxygen atoms in total. The molecule has 103 valence electrons. The Kier molecular flexibility index (Phi) is 4.97. The summed E-state index contributed by atoms with van der Waals surface area (Å²) in [6, 6.07) is 16.2. The smallest absolute Gasteiger partial charge is 0.307 e. The molecule has 2 amide bonds. The Morgan fingerprint density at radius 2 is 1.60 bits per heavy atom. The van der Waals surface area contributed by atoms with E-state index in [9.17, 15) is 9.90 Å². The number of carbonyl (C=O) groups is 1. The lowest BCUT2D eigenvalue weighted by Crippen LogP contribution is -2.33. The van der Waals surface area contributed by atoms with Gasteiger partial charge in [0, 0.05) is 5.69 Å². The van der Waals surface area contributed by atoms with E-state index in [0.29, 0.717) is 12.1 Å². The molecule has 0 saturated heterocycles. The van der Waals surface area contributed by atoms with Gasteiger partial charge in [0.1, 0.15) is 0 Å². The Bertz CT molecular complexity index is 541. The fourth-order valence-electron chi connectivity index (χ4n) is 1.69. The Hall–Kier alpha value is -2.53. The Morgan fingerprint density at radius 3 is 2.25 bits per heavy atom. The highest BCUT2D eigenvalue weighted by Crippen LogP contribution is 2.10. The van der Waals surface area contributed by atoms with Crippen molar-refractivity contribution in [3.05, 3.63) is 60.2 Å². The standard InChI is InChI=1S/C15H16N3O2/c19-11-10-12-6-8-13(9-7-12)16-15(20)18-17-14-4-2-1-3-5-14/h1-9,17H,10-11H2,(H2,16,18,20). The highest BCUT2D eigenvalue weighted by Gasteiger charge is 2.01. The molecule has 2 rings (SSSR count). The van der Waals surface area contributed by atoms with E-state index in [0.717, 1.165) is 11.3 Å². The molecule has 0 unspecified atom stereocenters. The maximum atomic E-state index is 11.7. The summed E-state index contributed by atoms with van der Waals surface area (Å²) < 4.78 is 0. The lowest BCUT2D eigenvalue weighted by Gasteiger charge is -2.10. The molecule has 0 heterocycles. The van der Waals surface area contributed by atoms with Crippen LogP contribution in [0.3, 0.4) is 0 Å². The van der Waals surface area contributed by atoms with Gasteiger partial charge in [-0.1, -0.05) is 30.3 Å². The summed E-state index contributed by atoms with van der Waals surface area (Å²) in [5.41, 5.74) is 7.77. The Labute approximate surface area is 117 Å². The largest absolute Gasteiger partial charge is 0.337 e. The van der Waals surface area contributed by atoms with Gasteiger partial charge in [-0.05, 0) is 36.2 Å². The second kappa shape index (κ2) is 7.16. The zero-order valence-corrected chi connectivity index (χ0v) is 10.9. The van der Waals surface area contributed by atoms with Crippen molar-refractivity contribution in [1.29, 1.82) is 0 Å². The van der Waals surface area contributed by atoms with Crippen LogP contribution >= 0.6 is 0 Å². The van der Waals surface area contributed by atoms with Crippen LogP contribution in [0.4, 0.5) is 16.2 Å². The lowest BCUT2D eigenvalue weighted by atomic mass is 10.1. The summed E-state index contributed by atoms with van der Waals surface area (Å²) in [5.74, 6) is 0. The SMILES string of the molecule is [O]CCc1ccc(NC(=O)NNc2ccccc2)cc1. The van der Waals surface area contributed by atoms with Gasteiger partial charge in [-0.2, -0.15) is 0 Å². The van der Waals surface area contributed by atoms with Crippen molar-refractivity contribution in [3.8, 4) is 0 Å². The molecule has 0 aliphatic carbocycles. The summed E-state index contributed by atoms with van der Waals surface area (Å²) in [7, 11) is 0. The van der Waals surface area contributed by atoms with Crippen LogP contribution in [-0.4, -0.2) is 12.6 Å². The number of amides is 2. The highest BCUT2D eigenvalue weighted by molar-refractivity contribution is 5.89. The average Bonchev–Trinajstić information content (AvgIpc) is 2.49. The van der Waals surface area contributed by atoms with E-state index < -0.39 is 0 Å². The molecule has 0 spiro atoms. The number of urea groups is 1. The van der Waals surface area contributed by atoms with Crippen molar-refractivity contribution < 1.29 is 9.90 Å². The van der Waals surface area contributed by atoms with Gasteiger partial charge in [-0.15, -0.1) is 0 Å². The van der Waals surface area contributed by atoms with E-state index in [1.54, 1.807) is 12.1 Å². The number of rotatable bonds is 5. The van der Waals surface area contributed by atoms with Crippen LogP contribution in [0, 0.1) is 0 Å². The van der Waals surface area contributed by atoms with Crippen molar-refractivity contribution in [2.75, 3.05) is 17.3 Å². The molecule has 20 heavy (non-hydrogen) atoms. The van der Waals surface area contributed by atoms with Crippen molar-refractivity contribution in [2.24, 2.45) is 0 Å². The number of anilines is 2. The topological polar surface area (TPSA) is 73.1 Å². The first-order valence-corrected chi connectivity index (χ1v) is 6.33. The third-order valence-electron chi connectivity index (χ3n) is 2.70. The molecule has 2 aromatic rings. The number of hydrogen-bond acceptors (Lipinski definition) is 2. The van der Waals surface area contributed by atoms with E-state index in [2.05, 4.69) is 16.2 Å². The Balaban J connectivity index is 1.82. The summed E-state index contributed by atoms with van der Waals surface area (Å²) in [5, 5.41) is 13.2. The van der Waals surface area contributed by atoms with Crippen molar-refractivity contribution >= 4 is 17.4 Å². The zero-order valence-electron chi connectivity index (χ0n) is 10.9. The van der Waals surface area contributed by atoms with Crippen LogP contribution in [0.25, 0.3) is 0 Å². The fourth-order valence-corrected chi connectivity index (χ4v) is 1.69. The van der Waals surface area contributed by atoms with Gasteiger partial charge < -0.3 is 5.32 Å². The maximum absolute atomic E-state index is 11.7. The van der Waals surface area contributed by atoms with E-state index in [4.69, 9.17) is 0 Å². The number of nitrogens with one attached hydrogen (secondary N) is 3. The van der Waals surface area contributed by atoms with Crippen LogP contribution in [-0.2, 0) is 11.5 Å². The number of hydrogen-bond donors (Lipinski definition) is 3. The first-order chi connectivity index (χ1) is 9.78. The van der Waals surface area contributed by atoms with Gasteiger partial charge in [0.15, 0.2) is 0 Å². The van der Waals surface area contributed by atoms with Gasteiger partial charge in [0.25, 0.3) is 0 Å². The molecule has 0 saturated carbocycles. The number of para-hydroxylation sites is 1. The van der Waals surface area contributed by atoms with Crippen molar-refractivity contribution in [3.63, 3.8) is 0 Å². The molecule has 0 fully saturated rings. The predicted molar refractivity (Wildman–Crippen MR) is 77.9 cm³/mol. The second-order valence-electron chi connectivity index (χ2n) is 4.22. The molecular formula is C15H16N3O2. The van der Waals surface area contributed by atoms with Crippen molar-refractivity contribution in [1.82, 2.24) is 5.43 Å². The maximum Gasteiger partial charge on any atom is 0.337 e. The Morgan fingerprint density at radius 1 is 0.900 bits per heavy atom. The monoisotopic (exact) mass is 270 g/mol. The molecule has 0 aliphatic heterocycles. The van der Waals surface area contributed by atoms with Gasteiger partial charge in [0.05, 0.1) is 12.3 Å². The van der Waals surface area contributed by atoms with Gasteiger partial charge in [-0.25, -0.2) is 9.90 Å². The van der Waals surface area contributed by atoms with Gasteiger partial charge >= 0.3 is 6.03 Å². The first-order valence-electron chi connectivity index (χ1n) is 6.33. The van der Waals surface area contributed by atoms with E-state index in [-0.39, 0.29) is 12.6 Å². The van der Waals surface area contributed by atoms with E-state index in [1.807, 2.05) is 42.5 Å². The second-order valence-corrected chi connectivity index (χ2v) is 4.22. The number of hydrazine groups is 1. The van der Waals surface area contributed by atoms with E-state index in [1.165, 1.54) is 0 Å². The molecule has 2 aromatic carbocycles. The zero-order chi connectivity index (χ0) is 14.2. The minimum atomic E-state index is -0.356. The van der Waals surface area contributed by atoms with Crippen LogP contribution in [0.15, 0.2) is 54.6 Å². The fraction of sp³-hybridized carbons (Fsp3) is 0.133. The highest BCUT2D eigenvalue weighted by atomic mass is 16.3. The normalized spacial score (nSPS) is 9.85. The van der Waals surface area contributed by atoms with Gasteiger partial charge in [0.2, 0.25) is 0 Å². The number of benzene rings is 2. The molecule has 0 aromatic heterocycles. The lowest BCUT2D eigenvalue weighted by molar-refractivity contribution is 0.197. The molecule has 0 atom stereocenters. The molecule has 5 heteroatoms. The van der Waals surface area contributed by atoms with E-state index >= 15 is 0 Å². The molecule has 1 radical (unpaired) electrons. The van der Waals surface area contributed by atoms with Crippen LogP contribution in [0.5, 0.6) is 0 Å². The molecule has 3 N–H and O–H groups in total. The quantitative estimate of drug-likeness (QED) is 0.731. The average molecular weight is 270 g/mol. The molecule has 0 aliphatic rings. The summed E-state index contributed by atoms with van der Waals surface area (Å²) >= 11 is 0. The molecular weight excluding hydrogens is 254 g/mol. The minimum Gasteiger partial charge on any atom is -0.307 e. The first kappa shape index (κ1) is 13.9. The minimum absolute atomic E-state index is 0.131. The summed E-state index contributed by atoms with van der Waals surface area (Å²) in [4.78, 5) is 11.7. The summed E-state index contributed by atoms with van der Waals surface area (Å²) in [6.07, 6.45) is 0.502. The van der Waals surface area contributed by atoms with Crippen molar-refractivity contribution in [2.45, 2.75) is 6.42 Å².